The van der Waals surface area contributed by atoms with E-state index in [4.69, 9.17) is 4.98 Å². The lowest BCUT2D eigenvalue weighted by atomic mass is 10.1. The first kappa shape index (κ1) is 13.5. The van der Waals surface area contributed by atoms with Crippen molar-refractivity contribution in [3.8, 4) is 21.8 Å². The molecule has 0 bridgehead atoms. The number of hydrogen-bond acceptors (Lipinski definition) is 2. The fourth-order valence-electron chi connectivity index (χ4n) is 2.07. The van der Waals surface area contributed by atoms with Crippen molar-refractivity contribution in [2.45, 2.75) is 13.3 Å². The number of halogens is 1. The van der Waals surface area contributed by atoms with Gasteiger partial charge >= 0.3 is 0 Å². The molecule has 1 aromatic heterocycles. The van der Waals surface area contributed by atoms with Gasteiger partial charge in [-0.15, -0.1) is 11.3 Å². The molecule has 0 spiro atoms. The molecule has 3 heteroatoms. The molecule has 1 nitrogen and oxygen atoms in total. The van der Waals surface area contributed by atoms with E-state index in [0.717, 1.165) is 27.2 Å². The third-order valence-electron chi connectivity index (χ3n) is 3.23. The molecule has 0 aliphatic carbocycles. The number of nitrogens with zero attached hydrogens (tertiary/aromatic N) is 1. The minimum absolute atomic E-state index is 1.03. The number of aryl methyl sites for hydroxylation is 1. The van der Waals surface area contributed by atoms with Crippen molar-refractivity contribution < 1.29 is 0 Å². The normalized spacial score (nSPS) is 10.7. The summed E-state index contributed by atoms with van der Waals surface area (Å²) in [5, 5.41) is 3.19. The Morgan fingerprint density at radius 3 is 2.55 bits per heavy atom. The van der Waals surface area contributed by atoms with Crippen LogP contribution < -0.4 is 0 Å². The van der Waals surface area contributed by atoms with Crippen LogP contribution in [-0.4, -0.2) is 4.98 Å². The Labute approximate surface area is 131 Å². The second-order valence-corrected chi connectivity index (χ2v) is 6.37. The van der Waals surface area contributed by atoms with E-state index in [1.807, 2.05) is 12.1 Å². The van der Waals surface area contributed by atoms with Gasteiger partial charge in [0, 0.05) is 21.0 Å². The van der Waals surface area contributed by atoms with Crippen LogP contribution >= 0.6 is 27.3 Å². The van der Waals surface area contributed by atoms with Gasteiger partial charge in [-0.1, -0.05) is 59.3 Å². The maximum atomic E-state index is 4.75. The van der Waals surface area contributed by atoms with Gasteiger partial charge in [0.2, 0.25) is 0 Å². The standard InChI is InChI=1S/C17H14BrNS/c1-2-12-6-8-13(9-7-12)17-19-16(11-20-17)14-4-3-5-15(18)10-14/h3-11H,2H2,1H3. The molecule has 0 fully saturated rings. The van der Waals surface area contributed by atoms with Gasteiger partial charge in [0.05, 0.1) is 5.69 Å². The zero-order chi connectivity index (χ0) is 13.9. The van der Waals surface area contributed by atoms with Crippen molar-refractivity contribution in [2.75, 3.05) is 0 Å². The van der Waals surface area contributed by atoms with E-state index in [1.165, 1.54) is 11.1 Å². The molecule has 3 aromatic rings. The van der Waals surface area contributed by atoms with Crippen LogP contribution in [0.2, 0.25) is 0 Å². The van der Waals surface area contributed by atoms with E-state index in [9.17, 15) is 0 Å². The van der Waals surface area contributed by atoms with Gasteiger partial charge in [-0.3, -0.25) is 0 Å². The van der Waals surface area contributed by atoms with Gasteiger partial charge in [-0.25, -0.2) is 4.98 Å². The average Bonchev–Trinajstić information content (AvgIpc) is 2.97. The quantitative estimate of drug-likeness (QED) is 0.585. The molecule has 0 saturated heterocycles. The Morgan fingerprint density at radius 2 is 1.85 bits per heavy atom. The van der Waals surface area contributed by atoms with Gasteiger partial charge in [0.15, 0.2) is 0 Å². The Kier molecular flexibility index (Phi) is 3.99. The van der Waals surface area contributed by atoms with E-state index in [0.29, 0.717) is 0 Å². The van der Waals surface area contributed by atoms with Crippen molar-refractivity contribution in [3.63, 3.8) is 0 Å². The zero-order valence-corrected chi connectivity index (χ0v) is 13.5. The molecule has 0 aliphatic heterocycles. The van der Waals surface area contributed by atoms with Crippen LogP contribution in [0.5, 0.6) is 0 Å². The van der Waals surface area contributed by atoms with Crippen molar-refractivity contribution in [3.05, 3.63) is 63.9 Å². The monoisotopic (exact) mass is 343 g/mol. The molecule has 0 N–H and O–H groups in total. The summed E-state index contributed by atoms with van der Waals surface area (Å²) in [6.07, 6.45) is 1.07. The van der Waals surface area contributed by atoms with E-state index < -0.39 is 0 Å². The second kappa shape index (κ2) is 5.90. The lowest BCUT2D eigenvalue weighted by molar-refractivity contribution is 1.14. The first-order chi connectivity index (χ1) is 9.76. The molecule has 0 radical (unpaired) electrons. The van der Waals surface area contributed by atoms with Crippen LogP contribution in [-0.2, 0) is 6.42 Å². The maximum absolute atomic E-state index is 4.75. The first-order valence-corrected chi connectivity index (χ1v) is 8.24. The molecule has 0 aliphatic rings. The molecule has 100 valence electrons. The topological polar surface area (TPSA) is 12.9 Å². The summed E-state index contributed by atoms with van der Waals surface area (Å²) in [6.45, 7) is 2.17. The van der Waals surface area contributed by atoms with Crippen molar-refractivity contribution >= 4 is 27.3 Å². The Balaban J connectivity index is 1.93. The minimum Gasteiger partial charge on any atom is -0.236 e. The number of thiazole rings is 1. The average molecular weight is 344 g/mol. The molecular formula is C17H14BrNS. The molecule has 1 heterocycles. The zero-order valence-electron chi connectivity index (χ0n) is 11.1. The lowest BCUT2D eigenvalue weighted by Gasteiger charge is -1.99. The molecular weight excluding hydrogens is 330 g/mol. The fraction of sp³-hybridized carbons (Fsp3) is 0.118. The van der Waals surface area contributed by atoms with Gasteiger partial charge < -0.3 is 0 Å². The molecule has 0 atom stereocenters. The summed E-state index contributed by atoms with van der Waals surface area (Å²) in [5.41, 5.74) is 4.73. The number of aromatic nitrogens is 1. The van der Waals surface area contributed by atoms with E-state index in [1.54, 1.807) is 11.3 Å². The maximum Gasteiger partial charge on any atom is 0.124 e. The van der Waals surface area contributed by atoms with Gasteiger partial charge in [0.25, 0.3) is 0 Å². The van der Waals surface area contributed by atoms with Gasteiger partial charge in [-0.2, -0.15) is 0 Å². The first-order valence-electron chi connectivity index (χ1n) is 6.57. The van der Waals surface area contributed by atoms with Crippen molar-refractivity contribution in [1.82, 2.24) is 4.98 Å². The number of benzene rings is 2. The number of rotatable bonds is 3. The van der Waals surface area contributed by atoms with Crippen LogP contribution in [0.4, 0.5) is 0 Å². The SMILES string of the molecule is CCc1ccc(-c2nc(-c3cccc(Br)c3)cs2)cc1. The van der Waals surface area contributed by atoms with E-state index >= 15 is 0 Å². The van der Waals surface area contributed by atoms with E-state index in [-0.39, 0.29) is 0 Å². The second-order valence-electron chi connectivity index (χ2n) is 4.60. The third kappa shape index (κ3) is 2.84. The summed E-state index contributed by atoms with van der Waals surface area (Å²) in [4.78, 5) is 4.75. The van der Waals surface area contributed by atoms with Crippen LogP contribution in [0.15, 0.2) is 58.4 Å². The predicted octanol–water partition coefficient (Wildman–Crippen LogP) is 5.80. The molecule has 0 unspecified atom stereocenters. The Morgan fingerprint density at radius 1 is 1.05 bits per heavy atom. The van der Waals surface area contributed by atoms with Gasteiger partial charge in [0.1, 0.15) is 5.01 Å². The highest BCUT2D eigenvalue weighted by Gasteiger charge is 2.06. The van der Waals surface area contributed by atoms with Gasteiger partial charge in [-0.05, 0) is 24.1 Å². The highest BCUT2D eigenvalue weighted by Crippen LogP contribution is 2.30. The van der Waals surface area contributed by atoms with E-state index in [2.05, 4.69) is 64.6 Å². The third-order valence-corrected chi connectivity index (χ3v) is 4.62. The van der Waals surface area contributed by atoms with Crippen LogP contribution in [0.25, 0.3) is 21.8 Å². The van der Waals surface area contributed by atoms with Crippen molar-refractivity contribution in [1.29, 1.82) is 0 Å². The molecule has 0 saturated carbocycles. The molecule has 3 rings (SSSR count). The molecule has 2 aromatic carbocycles. The summed E-state index contributed by atoms with van der Waals surface area (Å²) in [7, 11) is 0. The smallest absolute Gasteiger partial charge is 0.124 e. The minimum atomic E-state index is 1.03. The fourth-order valence-corrected chi connectivity index (χ4v) is 3.30. The van der Waals surface area contributed by atoms with Crippen LogP contribution in [0, 0.1) is 0 Å². The van der Waals surface area contributed by atoms with Crippen molar-refractivity contribution in [2.24, 2.45) is 0 Å². The lowest BCUT2D eigenvalue weighted by Crippen LogP contribution is -1.82. The Hall–Kier alpha value is -1.45. The predicted molar refractivity (Wildman–Crippen MR) is 90.1 cm³/mol. The summed E-state index contributed by atoms with van der Waals surface area (Å²) in [5.74, 6) is 0. The van der Waals surface area contributed by atoms with Crippen LogP contribution in [0.3, 0.4) is 0 Å². The summed E-state index contributed by atoms with van der Waals surface area (Å²) in [6, 6.07) is 16.9. The highest BCUT2D eigenvalue weighted by atomic mass is 79.9. The summed E-state index contributed by atoms with van der Waals surface area (Å²) < 4.78 is 1.08. The number of hydrogen-bond donors (Lipinski definition) is 0. The molecule has 0 amide bonds. The Bertz CT molecular complexity index is 716. The molecule has 20 heavy (non-hydrogen) atoms. The van der Waals surface area contributed by atoms with Crippen LogP contribution in [0.1, 0.15) is 12.5 Å². The summed E-state index contributed by atoms with van der Waals surface area (Å²) >= 11 is 5.19. The highest BCUT2D eigenvalue weighted by molar-refractivity contribution is 9.10. The largest absolute Gasteiger partial charge is 0.236 e.